The molecule has 1 atom stereocenters. The van der Waals surface area contributed by atoms with Crippen LogP contribution in [-0.4, -0.2) is 41.7 Å². The van der Waals surface area contributed by atoms with E-state index in [9.17, 15) is 9.90 Å². The Labute approximate surface area is 144 Å². The smallest absolute Gasteiger partial charge is 0.222 e. The zero-order valence-corrected chi connectivity index (χ0v) is 14.5. The Morgan fingerprint density at radius 3 is 2.83 bits per heavy atom. The van der Waals surface area contributed by atoms with Gasteiger partial charge >= 0.3 is 0 Å². The molecule has 1 unspecified atom stereocenters. The molecule has 1 aliphatic heterocycles. The minimum Gasteiger partial charge on any atom is -0.490 e. The molecule has 0 bridgehead atoms. The van der Waals surface area contributed by atoms with Crippen LogP contribution >= 0.6 is 0 Å². The van der Waals surface area contributed by atoms with Crippen molar-refractivity contribution in [1.29, 1.82) is 0 Å². The van der Waals surface area contributed by atoms with Gasteiger partial charge in [0.1, 0.15) is 5.75 Å². The van der Waals surface area contributed by atoms with E-state index in [1.807, 2.05) is 17.0 Å². The van der Waals surface area contributed by atoms with Crippen LogP contribution in [0.3, 0.4) is 0 Å². The number of benzene rings is 1. The van der Waals surface area contributed by atoms with Gasteiger partial charge in [-0.1, -0.05) is 12.1 Å². The average Bonchev–Trinajstić information content (AvgIpc) is 3.13. The second-order valence-corrected chi connectivity index (χ2v) is 7.20. The number of hydrogen-bond donors (Lipinski definition) is 1. The molecule has 2 fully saturated rings. The maximum Gasteiger partial charge on any atom is 0.222 e. The highest BCUT2D eigenvalue weighted by Gasteiger charge is 2.22. The lowest BCUT2D eigenvalue weighted by molar-refractivity contribution is -0.133. The molecule has 132 valence electrons. The van der Waals surface area contributed by atoms with E-state index in [0.29, 0.717) is 19.1 Å². The average molecular weight is 331 g/mol. The number of carbonyl (C=O) groups is 1. The standard InChI is InChI=1S/C20H29NO3/c22-15-17-6-4-12-21(14-17)20(23)11-10-16-5-3-9-19(13-16)24-18-7-1-2-8-18/h3,5,9,13,17-18,22H,1-2,4,6-8,10-12,14-15H2. The van der Waals surface area contributed by atoms with Gasteiger partial charge in [0.2, 0.25) is 5.91 Å². The molecule has 4 heteroatoms. The van der Waals surface area contributed by atoms with E-state index in [4.69, 9.17) is 4.74 Å². The summed E-state index contributed by atoms with van der Waals surface area (Å²) in [5, 5.41) is 9.29. The lowest BCUT2D eigenvalue weighted by atomic mass is 9.98. The first-order chi connectivity index (χ1) is 11.7. The second kappa shape index (κ2) is 8.52. The molecule has 4 nitrogen and oxygen atoms in total. The predicted octanol–water partition coefficient (Wildman–Crippen LogP) is 3.17. The van der Waals surface area contributed by atoms with Crippen molar-refractivity contribution in [2.24, 2.45) is 5.92 Å². The molecule has 1 aromatic rings. The summed E-state index contributed by atoms with van der Waals surface area (Å²) in [4.78, 5) is 14.3. The normalized spacial score (nSPS) is 21.9. The van der Waals surface area contributed by atoms with Gasteiger partial charge in [-0.25, -0.2) is 0 Å². The number of aliphatic hydroxyl groups excluding tert-OH is 1. The number of piperidine rings is 1. The summed E-state index contributed by atoms with van der Waals surface area (Å²) in [6, 6.07) is 8.19. The van der Waals surface area contributed by atoms with Crippen LogP contribution < -0.4 is 4.74 Å². The maximum atomic E-state index is 12.4. The molecule has 0 radical (unpaired) electrons. The van der Waals surface area contributed by atoms with Crippen LogP contribution in [0, 0.1) is 5.92 Å². The first-order valence-corrected chi connectivity index (χ1v) is 9.39. The fraction of sp³-hybridized carbons (Fsp3) is 0.650. The van der Waals surface area contributed by atoms with Gasteiger partial charge in [0.25, 0.3) is 0 Å². The summed E-state index contributed by atoms with van der Waals surface area (Å²) < 4.78 is 6.04. The van der Waals surface area contributed by atoms with E-state index in [-0.39, 0.29) is 18.4 Å². The van der Waals surface area contributed by atoms with E-state index in [1.165, 1.54) is 12.8 Å². The summed E-state index contributed by atoms with van der Waals surface area (Å²) in [6.45, 7) is 1.73. The minimum atomic E-state index is 0.185. The highest BCUT2D eigenvalue weighted by molar-refractivity contribution is 5.76. The van der Waals surface area contributed by atoms with Crippen LogP contribution in [0.1, 0.15) is 50.5 Å². The SMILES string of the molecule is O=C(CCc1cccc(OC2CCCC2)c1)N1CCCC(CO)C1. The zero-order chi connectivity index (χ0) is 16.8. The predicted molar refractivity (Wildman–Crippen MR) is 94.0 cm³/mol. The quantitative estimate of drug-likeness (QED) is 0.871. The summed E-state index contributed by atoms with van der Waals surface area (Å²) >= 11 is 0. The number of rotatable bonds is 6. The molecular weight excluding hydrogens is 302 g/mol. The summed E-state index contributed by atoms with van der Waals surface area (Å²) in [6.07, 6.45) is 8.53. The van der Waals surface area contributed by atoms with Gasteiger partial charge in [0.15, 0.2) is 0 Å². The molecule has 1 saturated heterocycles. The molecule has 24 heavy (non-hydrogen) atoms. The molecule has 0 spiro atoms. The summed E-state index contributed by atoms with van der Waals surface area (Å²) in [5.41, 5.74) is 1.16. The van der Waals surface area contributed by atoms with Crippen LogP contribution in [0.25, 0.3) is 0 Å². The van der Waals surface area contributed by atoms with Gasteiger partial charge in [0.05, 0.1) is 6.10 Å². The third kappa shape index (κ3) is 4.73. The van der Waals surface area contributed by atoms with Crippen molar-refractivity contribution >= 4 is 5.91 Å². The van der Waals surface area contributed by atoms with Crippen molar-refractivity contribution < 1.29 is 14.6 Å². The molecule has 1 aromatic carbocycles. The fourth-order valence-electron chi connectivity index (χ4n) is 3.82. The molecule has 1 amide bonds. The second-order valence-electron chi connectivity index (χ2n) is 7.20. The number of ether oxygens (including phenoxy) is 1. The monoisotopic (exact) mass is 331 g/mol. The van der Waals surface area contributed by atoms with Gasteiger partial charge < -0.3 is 14.7 Å². The van der Waals surface area contributed by atoms with Gasteiger partial charge in [-0.05, 0) is 68.6 Å². The first-order valence-electron chi connectivity index (χ1n) is 9.39. The molecular formula is C20H29NO3. The zero-order valence-electron chi connectivity index (χ0n) is 14.5. The highest BCUT2D eigenvalue weighted by Crippen LogP contribution is 2.25. The number of aryl methyl sites for hydroxylation is 1. The third-order valence-electron chi connectivity index (χ3n) is 5.26. The van der Waals surface area contributed by atoms with Crippen LogP contribution in [0.15, 0.2) is 24.3 Å². The number of nitrogens with zero attached hydrogens (tertiary/aromatic N) is 1. The number of hydrogen-bond acceptors (Lipinski definition) is 3. The Morgan fingerprint density at radius 1 is 1.21 bits per heavy atom. The van der Waals surface area contributed by atoms with Crippen molar-refractivity contribution in [2.45, 2.75) is 57.5 Å². The van der Waals surface area contributed by atoms with Crippen LogP contribution in [0.2, 0.25) is 0 Å². The Bertz CT molecular complexity index is 539. The van der Waals surface area contributed by atoms with Crippen molar-refractivity contribution in [2.75, 3.05) is 19.7 Å². The van der Waals surface area contributed by atoms with E-state index < -0.39 is 0 Å². The molecule has 1 heterocycles. The largest absolute Gasteiger partial charge is 0.490 e. The Balaban J connectivity index is 1.49. The fourth-order valence-corrected chi connectivity index (χ4v) is 3.82. The van der Waals surface area contributed by atoms with Gasteiger partial charge in [-0.2, -0.15) is 0 Å². The van der Waals surface area contributed by atoms with Gasteiger partial charge in [-0.3, -0.25) is 4.79 Å². The van der Waals surface area contributed by atoms with Crippen molar-refractivity contribution in [3.63, 3.8) is 0 Å². The Morgan fingerprint density at radius 2 is 2.04 bits per heavy atom. The van der Waals surface area contributed by atoms with E-state index in [1.54, 1.807) is 0 Å². The molecule has 2 aliphatic rings. The number of carbonyl (C=O) groups excluding carboxylic acids is 1. The summed E-state index contributed by atoms with van der Waals surface area (Å²) in [7, 11) is 0. The van der Waals surface area contributed by atoms with Gasteiger partial charge in [-0.15, -0.1) is 0 Å². The molecule has 1 aliphatic carbocycles. The molecule has 1 N–H and O–H groups in total. The maximum absolute atomic E-state index is 12.4. The van der Waals surface area contributed by atoms with Crippen LogP contribution in [0.5, 0.6) is 5.75 Å². The lowest BCUT2D eigenvalue weighted by Crippen LogP contribution is -2.41. The van der Waals surface area contributed by atoms with Gasteiger partial charge in [0, 0.05) is 26.1 Å². The van der Waals surface area contributed by atoms with E-state index in [2.05, 4.69) is 12.1 Å². The number of aliphatic hydroxyl groups is 1. The molecule has 1 saturated carbocycles. The topological polar surface area (TPSA) is 49.8 Å². The van der Waals surface area contributed by atoms with Crippen molar-refractivity contribution in [3.05, 3.63) is 29.8 Å². The Kier molecular flexibility index (Phi) is 6.13. The molecule has 0 aromatic heterocycles. The minimum absolute atomic E-state index is 0.185. The van der Waals surface area contributed by atoms with Crippen LogP contribution in [0.4, 0.5) is 0 Å². The number of likely N-dealkylation sites (tertiary alicyclic amines) is 1. The lowest BCUT2D eigenvalue weighted by Gasteiger charge is -2.32. The highest BCUT2D eigenvalue weighted by atomic mass is 16.5. The van der Waals surface area contributed by atoms with E-state index >= 15 is 0 Å². The summed E-state index contributed by atoms with van der Waals surface area (Å²) in [5.74, 6) is 1.39. The Hall–Kier alpha value is -1.55. The first kappa shape index (κ1) is 17.3. The van der Waals surface area contributed by atoms with Crippen molar-refractivity contribution in [1.82, 2.24) is 4.90 Å². The van der Waals surface area contributed by atoms with Crippen molar-refractivity contribution in [3.8, 4) is 5.75 Å². The third-order valence-corrected chi connectivity index (χ3v) is 5.26. The molecule has 3 rings (SSSR count). The number of amides is 1. The van der Waals surface area contributed by atoms with Crippen LogP contribution in [-0.2, 0) is 11.2 Å². The van der Waals surface area contributed by atoms with E-state index in [0.717, 1.165) is 50.0 Å².